The zero-order valence-corrected chi connectivity index (χ0v) is 11.1. The molecule has 3 nitrogen and oxygen atoms in total. The van der Waals surface area contributed by atoms with Crippen molar-refractivity contribution >= 4 is 5.91 Å². The second-order valence-corrected chi connectivity index (χ2v) is 5.45. The van der Waals surface area contributed by atoms with E-state index in [0.29, 0.717) is 18.8 Å². The van der Waals surface area contributed by atoms with E-state index in [4.69, 9.17) is 0 Å². The SMILES string of the molecule is CC1CC(C#N)(C(=O)NC(C)c2ccc(F)cc2)C1. The summed E-state index contributed by atoms with van der Waals surface area (Å²) < 4.78 is 12.8. The molecule has 0 radical (unpaired) electrons. The fourth-order valence-corrected chi connectivity index (χ4v) is 2.63. The Kier molecular flexibility index (Phi) is 3.57. The zero-order valence-electron chi connectivity index (χ0n) is 11.1. The topological polar surface area (TPSA) is 52.9 Å². The molecule has 0 bridgehead atoms. The van der Waals surface area contributed by atoms with Gasteiger partial charge in [-0.2, -0.15) is 5.26 Å². The van der Waals surface area contributed by atoms with Crippen LogP contribution in [0.3, 0.4) is 0 Å². The van der Waals surface area contributed by atoms with E-state index in [1.54, 1.807) is 12.1 Å². The highest BCUT2D eigenvalue weighted by molar-refractivity contribution is 5.86. The van der Waals surface area contributed by atoms with Gasteiger partial charge in [0, 0.05) is 0 Å². The molecule has 0 aromatic heterocycles. The van der Waals surface area contributed by atoms with Crippen molar-refractivity contribution in [2.75, 3.05) is 0 Å². The van der Waals surface area contributed by atoms with E-state index in [9.17, 15) is 14.4 Å². The smallest absolute Gasteiger partial charge is 0.240 e. The Hall–Kier alpha value is -1.89. The number of amides is 1. The van der Waals surface area contributed by atoms with Crippen LogP contribution in [0.1, 0.15) is 38.3 Å². The Morgan fingerprint density at radius 3 is 2.53 bits per heavy atom. The molecule has 1 aromatic rings. The molecular formula is C15H17FN2O. The maximum absolute atomic E-state index is 12.8. The molecule has 0 aliphatic heterocycles. The minimum absolute atomic E-state index is 0.218. The number of carbonyl (C=O) groups is 1. The standard InChI is InChI=1S/C15H17FN2O/c1-10-7-15(8-10,9-17)14(19)18-11(2)12-3-5-13(16)6-4-12/h3-6,10-11H,7-8H2,1-2H3,(H,18,19). The number of hydrogen-bond donors (Lipinski definition) is 1. The van der Waals surface area contributed by atoms with E-state index in [1.165, 1.54) is 12.1 Å². The minimum atomic E-state index is -0.867. The van der Waals surface area contributed by atoms with E-state index >= 15 is 0 Å². The number of hydrogen-bond acceptors (Lipinski definition) is 2. The summed E-state index contributed by atoms with van der Waals surface area (Å²) in [6.45, 7) is 3.87. The largest absolute Gasteiger partial charge is 0.348 e. The van der Waals surface area contributed by atoms with Crippen molar-refractivity contribution in [3.8, 4) is 6.07 Å². The van der Waals surface area contributed by atoms with Crippen LogP contribution in [0.25, 0.3) is 0 Å². The van der Waals surface area contributed by atoms with Gasteiger partial charge in [0.25, 0.3) is 0 Å². The van der Waals surface area contributed by atoms with Gasteiger partial charge in [-0.05, 0) is 43.4 Å². The van der Waals surface area contributed by atoms with Gasteiger partial charge in [0.05, 0.1) is 12.1 Å². The average molecular weight is 260 g/mol. The molecule has 2 rings (SSSR count). The summed E-state index contributed by atoms with van der Waals surface area (Å²) in [6, 6.07) is 7.92. The summed E-state index contributed by atoms with van der Waals surface area (Å²) in [5.74, 6) is -0.0972. The molecule has 0 saturated heterocycles. The molecular weight excluding hydrogens is 243 g/mol. The Labute approximate surface area is 112 Å². The van der Waals surface area contributed by atoms with Crippen molar-refractivity contribution in [3.05, 3.63) is 35.6 Å². The number of nitriles is 1. The molecule has 1 aromatic carbocycles. The third-order valence-electron chi connectivity index (χ3n) is 3.76. The van der Waals surface area contributed by atoms with Crippen LogP contribution in [-0.4, -0.2) is 5.91 Å². The maximum Gasteiger partial charge on any atom is 0.240 e. The summed E-state index contributed by atoms with van der Waals surface area (Å²) in [5.41, 5.74) is -0.0385. The number of rotatable bonds is 3. The first-order valence-corrected chi connectivity index (χ1v) is 6.44. The van der Waals surface area contributed by atoms with Gasteiger partial charge in [-0.15, -0.1) is 0 Å². The van der Waals surface area contributed by atoms with Crippen LogP contribution in [0.15, 0.2) is 24.3 Å². The Morgan fingerprint density at radius 2 is 2.05 bits per heavy atom. The van der Waals surface area contributed by atoms with Gasteiger partial charge in [-0.1, -0.05) is 19.1 Å². The van der Waals surface area contributed by atoms with Crippen LogP contribution in [0.5, 0.6) is 0 Å². The highest BCUT2D eigenvalue weighted by atomic mass is 19.1. The number of carbonyl (C=O) groups excluding carboxylic acids is 1. The van der Waals surface area contributed by atoms with Crippen molar-refractivity contribution < 1.29 is 9.18 Å². The van der Waals surface area contributed by atoms with E-state index < -0.39 is 5.41 Å². The number of nitrogens with zero attached hydrogens (tertiary/aromatic N) is 1. The summed E-state index contributed by atoms with van der Waals surface area (Å²) in [7, 11) is 0. The lowest BCUT2D eigenvalue weighted by molar-refractivity contribution is -0.134. The average Bonchev–Trinajstić information content (AvgIpc) is 2.35. The summed E-state index contributed by atoms with van der Waals surface area (Å²) >= 11 is 0. The van der Waals surface area contributed by atoms with Crippen LogP contribution < -0.4 is 5.32 Å². The monoisotopic (exact) mass is 260 g/mol. The molecule has 1 saturated carbocycles. The van der Waals surface area contributed by atoms with Crippen LogP contribution >= 0.6 is 0 Å². The summed E-state index contributed by atoms with van der Waals surface area (Å²) in [4.78, 5) is 12.2. The zero-order chi connectivity index (χ0) is 14.0. The summed E-state index contributed by atoms with van der Waals surface area (Å²) in [5, 5.41) is 12.0. The predicted octanol–water partition coefficient (Wildman–Crippen LogP) is 2.94. The number of benzene rings is 1. The molecule has 1 N–H and O–H groups in total. The van der Waals surface area contributed by atoms with Crippen LogP contribution in [0.4, 0.5) is 4.39 Å². The Bertz CT molecular complexity index is 512. The quantitative estimate of drug-likeness (QED) is 0.908. The van der Waals surface area contributed by atoms with Gasteiger partial charge in [-0.25, -0.2) is 4.39 Å². The molecule has 100 valence electrons. The van der Waals surface area contributed by atoms with E-state index in [0.717, 1.165) is 5.56 Å². The van der Waals surface area contributed by atoms with Gasteiger partial charge in [-0.3, -0.25) is 4.79 Å². The fraction of sp³-hybridized carbons (Fsp3) is 0.467. The van der Waals surface area contributed by atoms with Crippen molar-refractivity contribution in [2.45, 2.75) is 32.7 Å². The van der Waals surface area contributed by atoms with Crippen LogP contribution in [0.2, 0.25) is 0 Å². The minimum Gasteiger partial charge on any atom is -0.348 e. The van der Waals surface area contributed by atoms with Crippen molar-refractivity contribution in [3.63, 3.8) is 0 Å². The van der Waals surface area contributed by atoms with Crippen LogP contribution in [-0.2, 0) is 4.79 Å². The van der Waals surface area contributed by atoms with Crippen molar-refractivity contribution in [1.29, 1.82) is 5.26 Å². The molecule has 1 unspecified atom stereocenters. The molecule has 1 atom stereocenters. The fourth-order valence-electron chi connectivity index (χ4n) is 2.63. The molecule has 0 spiro atoms. The third kappa shape index (κ3) is 2.60. The van der Waals surface area contributed by atoms with Gasteiger partial charge in [0.1, 0.15) is 11.2 Å². The van der Waals surface area contributed by atoms with Gasteiger partial charge in [0.2, 0.25) is 5.91 Å². The van der Waals surface area contributed by atoms with E-state index in [1.807, 2.05) is 13.8 Å². The maximum atomic E-state index is 12.8. The van der Waals surface area contributed by atoms with Crippen molar-refractivity contribution in [1.82, 2.24) is 5.32 Å². The molecule has 4 heteroatoms. The normalized spacial score (nSPS) is 26.9. The Balaban J connectivity index is 2.03. The molecule has 1 amide bonds. The first kappa shape index (κ1) is 13.5. The van der Waals surface area contributed by atoms with E-state index in [-0.39, 0.29) is 17.8 Å². The number of halogens is 1. The molecule has 1 aliphatic carbocycles. The summed E-state index contributed by atoms with van der Waals surface area (Å²) in [6.07, 6.45) is 1.23. The third-order valence-corrected chi connectivity index (χ3v) is 3.76. The lowest BCUT2D eigenvalue weighted by Gasteiger charge is -2.39. The second kappa shape index (κ2) is 5.00. The van der Waals surface area contributed by atoms with Gasteiger partial charge in [0.15, 0.2) is 0 Å². The Morgan fingerprint density at radius 1 is 1.47 bits per heavy atom. The predicted molar refractivity (Wildman–Crippen MR) is 69.4 cm³/mol. The van der Waals surface area contributed by atoms with E-state index in [2.05, 4.69) is 11.4 Å². The first-order chi connectivity index (χ1) is 8.97. The lowest BCUT2D eigenvalue weighted by Crippen LogP contribution is -2.48. The second-order valence-electron chi connectivity index (χ2n) is 5.45. The molecule has 0 heterocycles. The van der Waals surface area contributed by atoms with Crippen LogP contribution in [0, 0.1) is 28.5 Å². The molecule has 1 aliphatic rings. The van der Waals surface area contributed by atoms with Crippen molar-refractivity contribution in [2.24, 2.45) is 11.3 Å². The van der Waals surface area contributed by atoms with Gasteiger partial charge < -0.3 is 5.32 Å². The van der Waals surface area contributed by atoms with Gasteiger partial charge >= 0.3 is 0 Å². The highest BCUT2D eigenvalue weighted by Crippen LogP contribution is 2.45. The molecule has 19 heavy (non-hydrogen) atoms. The number of nitrogens with one attached hydrogen (secondary N) is 1. The highest BCUT2D eigenvalue weighted by Gasteiger charge is 2.49. The molecule has 1 fully saturated rings. The first-order valence-electron chi connectivity index (χ1n) is 6.44. The lowest BCUT2D eigenvalue weighted by atomic mass is 9.63.